The predicted molar refractivity (Wildman–Crippen MR) is 102 cm³/mol. The van der Waals surface area contributed by atoms with E-state index in [2.05, 4.69) is 10.6 Å². The van der Waals surface area contributed by atoms with E-state index in [4.69, 9.17) is 4.42 Å². The number of amides is 2. The highest BCUT2D eigenvalue weighted by atomic mass is 16.3. The second-order valence-electron chi connectivity index (χ2n) is 8.86. The normalized spacial score (nSPS) is 31.2. The Morgan fingerprint density at radius 1 is 0.963 bits per heavy atom. The molecular formula is C22H26N2O3. The molecule has 4 aliphatic rings. The standard InChI is InChI=1S/C22H26N2O3/c25-20(19-10-17-3-1-2-4-18(17)27-19)23-5-6-24-21(26)22-11-14-7-15(12-22)9-16(8-14)13-22/h1-4,10,14-16H,5-9,11-13H2,(H,23,25)(H,24,26). The van der Waals surface area contributed by atoms with E-state index < -0.39 is 0 Å². The third-order valence-corrected chi connectivity index (χ3v) is 6.87. The third kappa shape index (κ3) is 3.03. The Morgan fingerprint density at radius 3 is 2.26 bits per heavy atom. The van der Waals surface area contributed by atoms with Gasteiger partial charge in [-0.05, 0) is 68.4 Å². The van der Waals surface area contributed by atoms with Crippen molar-refractivity contribution in [3.05, 3.63) is 36.1 Å². The van der Waals surface area contributed by atoms with Gasteiger partial charge in [0.1, 0.15) is 5.58 Å². The van der Waals surface area contributed by atoms with Crippen LogP contribution >= 0.6 is 0 Å². The molecule has 0 atom stereocenters. The lowest BCUT2D eigenvalue weighted by Gasteiger charge is -2.55. The topological polar surface area (TPSA) is 71.3 Å². The van der Waals surface area contributed by atoms with Gasteiger partial charge < -0.3 is 15.1 Å². The van der Waals surface area contributed by atoms with E-state index in [1.54, 1.807) is 6.07 Å². The van der Waals surface area contributed by atoms with Crippen LogP contribution in [0.25, 0.3) is 11.0 Å². The molecule has 5 nitrogen and oxygen atoms in total. The maximum absolute atomic E-state index is 12.9. The van der Waals surface area contributed by atoms with Crippen LogP contribution in [0, 0.1) is 23.2 Å². The maximum atomic E-state index is 12.9. The van der Waals surface area contributed by atoms with E-state index in [0.717, 1.165) is 42.4 Å². The number of carbonyl (C=O) groups excluding carboxylic acids is 2. The van der Waals surface area contributed by atoms with E-state index >= 15 is 0 Å². The lowest BCUT2D eigenvalue weighted by molar-refractivity contribution is -0.146. The van der Waals surface area contributed by atoms with E-state index in [-0.39, 0.29) is 17.2 Å². The fourth-order valence-corrected chi connectivity index (χ4v) is 6.11. The van der Waals surface area contributed by atoms with Gasteiger partial charge in [-0.25, -0.2) is 0 Å². The lowest BCUT2D eigenvalue weighted by atomic mass is 9.49. The molecule has 0 spiro atoms. The molecular weight excluding hydrogens is 340 g/mol. The fraction of sp³-hybridized carbons (Fsp3) is 0.545. The fourth-order valence-electron chi connectivity index (χ4n) is 6.11. The van der Waals surface area contributed by atoms with E-state index in [1.165, 1.54) is 19.3 Å². The lowest BCUT2D eigenvalue weighted by Crippen LogP contribution is -2.54. The van der Waals surface area contributed by atoms with Crippen molar-refractivity contribution in [3.8, 4) is 0 Å². The number of nitrogens with one attached hydrogen (secondary N) is 2. The van der Waals surface area contributed by atoms with Crippen LogP contribution in [0.1, 0.15) is 49.1 Å². The van der Waals surface area contributed by atoms with Crippen LogP contribution in [0.3, 0.4) is 0 Å². The van der Waals surface area contributed by atoms with Crippen molar-refractivity contribution < 1.29 is 14.0 Å². The molecule has 142 valence electrons. The predicted octanol–water partition coefficient (Wildman–Crippen LogP) is 3.50. The molecule has 5 heteroatoms. The van der Waals surface area contributed by atoms with E-state index in [1.807, 2.05) is 24.3 Å². The van der Waals surface area contributed by atoms with Crippen LogP contribution < -0.4 is 10.6 Å². The summed E-state index contributed by atoms with van der Waals surface area (Å²) in [6.07, 6.45) is 7.20. The van der Waals surface area contributed by atoms with E-state index in [0.29, 0.717) is 24.4 Å². The number of carbonyl (C=O) groups is 2. The van der Waals surface area contributed by atoms with Gasteiger partial charge in [-0.1, -0.05) is 18.2 Å². The summed E-state index contributed by atoms with van der Waals surface area (Å²) in [4.78, 5) is 25.1. The number of rotatable bonds is 5. The van der Waals surface area contributed by atoms with Crippen molar-refractivity contribution in [2.45, 2.75) is 38.5 Å². The molecule has 1 aromatic heterocycles. The molecule has 0 aliphatic heterocycles. The average Bonchev–Trinajstić information content (AvgIpc) is 3.08. The highest BCUT2D eigenvalue weighted by molar-refractivity contribution is 5.96. The molecule has 2 N–H and O–H groups in total. The van der Waals surface area contributed by atoms with Crippen molar-refractivity contribution in [1.29, 1.82) is 0 Å². The molecule has 4 saturated carbocycles. The smallest absolute Gasteiger partial charge is 0.287 e. The van der Waals surface area contributed by atoms with Crippen LogP contribution in [-0.4, -0.2) is 24.9 Å². The molecule has 4 fully saturated rings. The molecule has 0 unspecified atom stereocenters. The zero-order chi connectivity index (χ0) is 18.4. The van der Waals surface area contributed by atoms with Crippen LogP contribution in [0.4, 0.5) is 0 Å². The minimum Gasteiger partial charge on any atom is -0.451 e. The number of para-hydroxylation sites is 1. The maximum Gasteiger partial charge on any atom is 0.287 e. The quantitative estimate of drug-likeness (QED) is 0.796. The summed E-state index contributed by atoms with van der Waals surface area (Å²) >= 11 is 0. The van der Waals surface area contributed by atoms with Gasteiger partial charge in [0.2, 0.25) is 5.91 Å². The van der Waals surface area contributed by atoms with Crippen molar-refractivity contribution >= 4 is 22.8 Å². The van der Waals surface area contributed by atoms with Gasteiger partial charge in [0, 0.05) is 23.9 Å². The summed E-state index contributed by atoms with van der Waals surface area (Å²) in [6.45, 7) is 0.876. The summed E-state index contributed by atoms with van der Waals surface area (Å²) in [7, 11) is 0. The van der Waals surface area contributed by atoms with Crippen LogP contribution in [0.15, 0.2) is 34.7 Å². The second kappa shape index (κ2) is 6.39. The highest BCUT2D eigenvalue weighted by Crippen LogP contribution is 2.60. The minimum absolute atomic E-state index is 0.127. The van der Waals surface area contributed by atoms with Gasteiger partial charge in [-0.2, -0.15) is 0 Å². The van der Waals surface area contributed by atoms with Gasteiger partial charge in [-0.3, -0.25) is 9.59 Å². The molecule has 1 heterocycles. The number of hydrogen-bond donors (Lipinski definition) is 2. The van der Waals surface area contributed by atoms with Crippen molar-refractivity contribution in [3.63, 3.8) is 0 Å². The molecule has 0 radical (unpaired) electrons. The Balaban J connectivity index is 1.14. The highest BCUT2D eigenvalue weighted by Gasteiger charge is 2.54. The molecule has 4 aliphatic carbocycles. The number of benzene rings is 1. The van der Waals surface area contributed by atoms with Gasteiger partial charge in [0.25, 0.3) is 5.91 Å². The Morgan fingerprint density at radius 2 is 1.59 bits per heavy atom. The largest absolute Gasteiger partial charge is 0.451 e. The van der Waals surface area contributed by atoms with Gasteiger partial charge in [-0.15, -0.1) is 0 Å². The van der Waals surface area contributed by atoms with Crippen molar-refractivity contribution in [2.75, 3.05) is 13.1 Å². The molecule has 0 saturated heterocycles. The van der Waals surface area contributed by atoms with Crippen molar-refractivity contribution in [1.82, 2.24) is 10.6 Å². The summed E-state index contributed by atoms with van der Waals surface area (Å²) in [5.41, 5.74) is 0.579. The van der Waals surface area contributed by atoms with Gasteiger partial charge in [0.05, 0.1) is 0 Å². The van der Waals surface area contributed by atoms with Crippen LogP contribution in [-0.2, 0) is 4.79 Å². The first-order valence-electron chi connectivity index (χ1n) is 10.2. The minimum atomic E-state index is -0.241. The second-order valence-corrected chi connectivity index (χ2v) is 8.86. The summed E-state index contributed by atoms with van der Waals surface area (Å²) < 4.78 is 5.57. The number of fused-ring (bicyclic) bond motifs is 1. The Labute approximate surface area is 158 Å². The molecule has 2 amide bonds. The monoisotopic (exact) mass is 366 g/mol. The van der Waals surface area contributed by atoms with Gasteiger partial charge in [0.15, 0.2) is 5.76 Å². The molecule has 2 aromatic rings. The molecule has 1 aromatic carbocycles. The Hall–Kier alpha value is -2.30. The molecule has 27 heavy (non-hydrogen) atoms. The average molecular weight is 366 g/mol. The first kappa shape index (κ1) is 16.8. The number of hydrogen-bond acceptors (Lipinski definition) is 3. The molecule has 4 bridgehead atoms. The van der Waals surface area contributed by atoms with Crippen LogP contribution in [0.5, 0.6) is 0 Å². The van der Waals surface area contributed by atoms with Gasteiger partial charge >= 0.3 is 0 Å². The Kier molecular flexibility index (Phi) is 3.99. The molecule has 6 rings (SSSR count). The SMILES string of the molecule is O=C(NCCNC(=O)C12CC3CC(CC(C3)C1)C2)c1cc2ccccc2o1. The first-order valence-corrected chi connectivity index (χ1v) is 10.2. The third-order valence-electron chi connectivity index (χ3n) is 6.87. The zero-order valence-electron chi connectivity index (χ0n) is 15.5. The zero-order valence-corrected chi connectivity index (χ0v) is 15.5. The summed E-state index contributed by atoms with van der Waals surface area (Å²) in [6, 6.07) is 9.31. The summed E-state index contributed by atoms with van der Waals surface area (Å²) in [5, 5.41) is 6.85. The van der Waals surface area contributed by atoms with Crippen molar-refractivity contribution in [2.24, 2.45) is 23.2 Å². The summed E-state index contributed by atoms with van der Waals surface area (Å²) in [5.74, 6) is 2.55. The number of furan rings is 1. The van der Waals surface area contributed by atoms with E-state index in [9.17, 15) is 9.59 Å². The van der Waals surface area contributed by atoms with Crippen LogP contribution in [0.2, 0.25) is 0 Å². The Bertz CT molecular complexity index is 816. The first-order chi connectivity index (χ1) is 13.1.